The zero-order valence-corrected chi connectivity index (χ0v) is 11.2. The maximum absolute atomic E-state index is 9.01. The molecule has 19 heavy (non-hydrogen) atoms. The Labute approximate surface area is 113 Å². The van der Waals surface area contributed by atoms with Crippen LogP contribution in [-0.2, 0) is 11.3 Å². The first-order chi connectivity index (χ1) is 9.26. The van der Waals surface area contributed by atoms with Crippen LogP contribution in [0.15, 0.2) is 6.33 Å². The molecule has 1 aromatic rings. The van der Waals surface area contributed by atoms with E-state index in [0.29, 0.717) is 30.9 Å². The normalized spacial score (nSPS) is 22.7. The number of nitriles is 2. The van der Waals surface area contributed by atoms with Crippen molar-refractivity contribution in [3.8, 4) is 12.1 Å². The molecule has 0 saturated heterocycles. The van der Waals surface area contributed by atoms with Gasteiger partial charge in [-0.3, -0.25) is 0 Å². The summed E-state index contributed by atoms with van der Waals surface area (Å²) in [7, 11) is 0. The second-order valence-corrected chi connectivity index (χ2v) is 5.03. The van der Waals surface area contributed by atoms with Crippen LogP contribution >= 0.6 is 0 Å². The van der Waals surface area contributed by atoms with Crippen LogP contribution in [0.2, 0.25) is 0 Å². The fourth-order valence-corrected chi connectivity index (χ4v) is 2.58. The van der Waals surface area contributed by atoms with E-state index in [9.17, 15) is 0 Å². The van der Waals surface area contributed by atoms with Crippen molar-refractivity contribution in [3.05, 3.63) is 17.7 Å². The number of hydrogen-bond donors (Lipinski definition) is 0. The summed E-state index contributed by atoms with van der Waals surface area (Å²) in [5.74, 6) is 0.613. The van der Waals surface area contributed by atoms with Gasteiger partial charge in [-0.1, -0.05) is 19.8 Å². The summed E-state index contributed by atoms with van der Waals surface area (Å²) in [5.41, 5.74) is 0.510. The number of hydrogen-bond acceptors (Lipinski definition) is 4. The standard InChI is InChI=1S/C14H18N4O/c1-11-4-2-3-5-14(11)19-7-6-18-10-17-12(8-15)13(18)9-16/h10-11,14H,2-7H2,1H3/t11-,14-/m0/s1. The number of rotatable bonds is 4. The lowest BCUT2D eigenvalue weighted by Crippen LogP contribution is -2.27. The molecule has 2 rings (SSSR count). The van der Waals surface area contributed by atoms with E-state index in [4.69, 9.17) is 15.3 Å². The molecule has 1 aliphatic carbocycles. The van der Waals surface area contributed by atoms with Crippen LogP contribution < -0.4 is 0 Å². The van der Waals surface area contributed by atoms with Gasteiger partial charge in [0.2, 0.25) is 0 Å². The molecule has 0 bridgehead atoms. The van der Waals surface area contributed by atoms with E-state index < -0.39 is 0 Å². The average Bonchev–Trinajstić information content (AvgIpc) is 2.83. The molecule has 0 amide bonds. The predicted octanol–water partition coefficient (Wildman–Crippen LogP) is 2.22. The predicted molar refractivity (Wildman–Crippen MR) is 69.0 cm³/mol. The van der Waals surface area contributed by atoms with Crippen molar-refractivity contribution in [2.24, 2.45) is 5.92 Å². The van der Waals surface area contributed by atoms with Gasteiger partial charge in [-0.2, -0.15) is 10.5 Å². The van der Waals surface area contributed by atoms with E-state index in [1.165, 1.54) is 25.6 Å². The minimum absolute atomic E-state index is 0.188. The van der Waals surface area contributed by atoms with E-state index >= 15 is 0 Å². The molecule has 5 heteroatoms. The van der Waals surface area contributed by atoms with Crippen LogP contribution in [0.3, 0.4) is 0 Å². The van der Waals surface area contributed by atoms with Crippen LogP contribution in [0.5, 0.6) is 0 Å². The van der Waals surface area contributed by atoms with E-state index in [2.05, 4.69) is 11.9 Å². The molecule has 0 unspecified atom stereocenters. The zero-order valence-electron chi connectivity index (χ0n) is 11.2. The largest absolute Gasteiger partial charge is 0.376 e. The number of ether oxygens (including phenoxy) is 1. The molecule has 1 aliphatic rings. The lowest BCUT2D eigenvalue weighted by atomic mass is 9.88. The maximum Gasteiger partial charge on any atom is 0.176 e. The molecule has 0 radical (unpaired) electrons. The van der Waals surface area contributed by atoms with Crippen molar-refractivity contribution in [2.45, 2.75) is 45.3 Å². The number of nitrogens with zero attached hydrogens (tertiary/aromatic N) is 4. The highest BCUT2D eigenvalue weighted by atomic mass is 16.5. The smallest absolute Gasteiger partial charge is 0.176 e. The van der Waals surface area contributed by atoms with Gasteiger partial charge in [-0.15, -0.1) is 0 Å². The Kier molecular flexibility index (Phi) is 4.54. The zero-order chi connectivity index (χ0) is 13.7. The lowest BCUT2D eigenvalue weighted by Gasteiger charge is -2.28. The first kappa shape index (κ1) is 13.6. The Balaban J connectivity index is 1.88. The van der Waals surface area contributed by atoms with Gasteiger partial charge in [0, 0.05) is 6.54 Å². The second-order valence-electron chi connectivity index (χ2n) is 5.03. The topological polar surface area (TPSA) is 74.6 Å². The van der Waals surface area contributed by atoms with Gasteiger partial charge in [0.15, 0.2) is 11.4 Å². The molecular formula is C14H18N4O. The van der Waals surface area contributed by atoms with Gasteiger partial charge in [-0.25, -0.2) is 4.98 Å². The number of aromatic nitrogens is 2. The van der Waals surface area contributed by atoms with Crippen LogP contribution in [-0.4, -0.2) is 22.3 Å². The van der Waals surface area contributed by atoms with Crippen molar-refractivity contribution < 1.29 is 4.74 Å². The first-order valence-electron chi connectivity index (χ1n) is 6.73. The van der Waals surface area contributed by atoms with E-state index in [0.717, 1.165) is 6.42 Å². The second kappa shape index (κ2) is 6.36. The third-order valence-electron chi connectivity index (χ3n) is 3.75. The van der Waals surface area contributed by atoms with E-state index in [1.54, 1.807) is 4.57 Å². The molecule has 5 nitrogen and oxygen atoms in total. The van der Waals surface area contributed by atoms with Gasteiger partial charge in [0.25, 0.3) is 0 Å². The van der Waals surface area contributed by atoms with Crippen LogP contribution in [0, 0.1) is 28.6 Å². The van der Waals surface area contributed by atoms with Gasteiger partial charge >= 0.3 is 0 Å². The van der Waals surface area contributed by atoms with Crippen molar-refractivity contribution in [2.75, 3.05) is 6.61 Å². The SMILES string of the molecule is C[C@H]1CCCC[C@@H]1OCCn1cnc(C#N)c1C#N. The molecule has 1 saturated carbocycles. The van der Waals surface area contributed by atoms with Crippen molar-refractivity contribution in [3.63, 3.8) is 0 Å². The number of imidazole rings is 1. The molecule has 1 fully saturated rings. The molecule has 0 N–H and O–H groups in total. The molecule has 1 aromatic heterocycles. The van der Waals surface area contributed by atoms with Crippen molar-refractivity contribution in [1.29, 1.82) is 10.5 Å². The van der Waals surface area contributed by atoms with Gasteiger partial charge in [-0.05, 0) is 18.8 Å². The van der Waals surface area contributed by atoms with E-state index in [-0.39, 0.29) is 5.69 Å². The van der Waals surface area contributed by atoms with E-state index in [1.807, 2.05) is 12.1 Å². The minimum atomic E-state index is 0.188. The van der Waals surface area contributed by atoms with Gasteiger partial charge < -0.3 is 9.30 Å². The van der Waals surface area contributed by atoms with Gasteiger partial charge in [0.1, 0.15) is 12.1 Å². The Bertz CT molecular complexity index is 508. The molecule has 100 valence electrons. The fourth-order valence-electron chi connectivity index (χ4n) is 2.58. The monoisotopic (exact) mass is 258 g/mol. The molecule has 2 atom stereocenters. The van der Waals surface area contributed by atoms with Gasteiger partial charge in [0.05, 0.1) is 19.0 Å². The summed E-state index contributed by atoms with van der Waals surface area (Å²) in [4.78, 5) is 3.91. The summed E-state index contributed by atoms with van der Waals surface area (Å²) in [5, 5.41) is 17.8. The highest BCUT2D eigenvalue weighted by Gasteiger charge is 2.21. The van der Waals surface area contributed by atoms with Crippen molar-refractivity contribution in [1.82, 2.24) is 9.55 Å². The fraction of sp³-hybridized carbons (Fsp3) is 0.643. The molecule has 0 spiro atoms. The summed E-state index contributed by atoms with van der Waals surface area (Å²) in [6.45, 7) is 3.36. The minimum Gasteiger partial charge on any atom is -0.376 e. The molecule has 1 heterocycles. The van der Waals surface area contributed by atoms with Crippen molar-refractivity contribution >= 4 is 0 Å². The Morgan fingerprint density at radius 2 is 2.16 bits per heavy atom. The third-order valence-corrected chi connectivity index (χ3v) is 3.75. The lowest BCUT2D eigenvalue weighted by molar-refractivity contribution is -0.00843. The van der Waals surface area contributed by atoms with Crippen LogP contribution in [0.4, 0.5) is 0 Å². The molecular weight excluding hydrogens is 240 g/mol. The van der Waals surface area contributed by atoms with Crippen LogP contribution in [0.25, 0.3) is 0 Å². The molecule has 0 aliphatic heterocycles. The summed E-state index contributed by atoms with van der Waals surface area (Å²) < 4.78 is 7.59. The van der Waals surface area contributed by atoms with Crippen LogP contribution in [0.1, 0.15) is 44.0 Å². The molecule has 0 aromatic carbocycles. The summed E-state index contributed by atoms with van der Waals surface area (Å²) in [6.07, 6.45) is 6.76. The summed E-state index contributed by atoms with van der Waals surface area (Å²) in [6, 6.07) is 3.93. The highest BCUT2D eigenvalue weighted by molar-refractivity contribution is 5.35. The quantitative estimate of drug-likeness (QED) is 0.829. The first-order valence-corrected chi connectivity index (χ1v) is 6.73. The highest BCUT2D eigenvalue weighted by Crippen LogP contribution is 2.26. The Hall–Kier alpha value is -1.85. The Morgan fingerprint density at radius 1 is 1.37 bits per heavy atom. The third kappa shape index (κ3) is 3.13. The maximum atomic E-state index is 9.01. The Morgan fingerprint density at radius 3 is 2.84 bits per heavy atom. The average molecular weight is 258 g/mol. The summed E-state index contributed by atoms with van der Waals surface area (Å²) >= 11 is 0.